The fourth-order valence-corrected chi connectivity index (χ4v) is 4.63. The van der Waals surface area contributed by atoms with Gasteiger partial charge in [0.05, 0.1) is 5.57 Å². The van der Waals surface area contributed by atoms with Crippen molar-refractivity contribution in [2.24, 2.45) is 15.0 Å². The number of phenols is 1. The van der Waals surface area contributed by atoms with Crippen molar-refractivity contribution in [3.63, 3.8) is 0 Å². The summed E-state index contributed by atoms with van der Waals surface area (Å²) in [5.41, 5.74) is 3.68. The van der Waals surface area contributed by atoms with E-state index in [2.05, 4.69) is 33.2 Å². The van der Waals surface area contributed by atoms with Crippen molar-refractivity contribution in [2.45, 2.75) is 46.0 Å². The summed E-state index contributed by atoms with van der Waals surface area (Å²) in [6, 6.07) is 3.16. The molecule has 2 aliphatic heterocycles. The third-order valence-electron chi connectivity index (χ3n) is 6.32. The number of allylic oxidation sites excluding steroid dienone is 4. The molecule has 0 spiro atoms. The van der Waals surface area contributed by atoms with E-state index in [9.17, 15) is 5.11 Å². The van der Waals surface area contributed by atoms with Crippen LogP contribution in [0.4, 0.5) is 4.39 Å². The first-order valence-corrected chi connectivity index (χ1v) is 12.1. The van der Waals surface area contributed by atoms with Crippen LogP contribution in [0.3, 0.4) is 0 Å². The number of nitrogens with zero attached hydrogens (tertiary/aromatic N) is 4. The number of aromatic hydroxyl groups is 1. The van der Waals surface area contributed by atoms with Gasteiger partial charge in [-0.25, -0.2) is 9.38 Å². The summed E-state index contributed by atoms with van der Waals surface area (Å²) in [6.45, 7) is 13.3. The van der Waals surface area contributed by atoms with Gasteiger partial charge < -0.3 is 14.7 Å². The van der Waals surface area contributed by atoms with E-state index < -0.39 is 5.83 Å². The van der Waals surface area contributed by atoms with Gasteiger partial charge in [-0.15, -0.1) is 0 Å². The number of ether oxygens (including phenoxy) is 1. The summed E-state index contributed by atoms with van der Waals surface area (Å²) >= 11 is 0. The van der Waals surface area contributed by atoms with Crippen molar-refractivity contribution in [3.8, 4) is 5.75 Å². The van der Waals surface area contributed by atoms with Crippen LogP contribution in [0.15, 0.2) is 57.0 Å². The predicted molar refractivity (Wildman–Crippen MR) is 145 cm³/mol. The highest BCUT2D eigenvalue weighted by molar-refractivity contribution is 6.28. The minimum Gasteiger partial charge on any atom is -0.508 e. The van der Waals surface area contributed by atoms with E-state index in [-0.39, 0.29) is 23.9 Å². The number of hydrogen-bond acceptors (Lipinski definition) is 6. The Balaban J connectivity index is 2.25. The Morgan fingerprint density at radius 3 is 2.54 bits per heavy atom. The van der Waals surface area contributed by atoms with E-state index in [1.54, 1.807) is 18.4 Å². The third-order valence-corrected chi connectivity index (χ3v) is 6.32. The number of benzene rings is 1. The first-order valence-electron chi connectivity index (χ1n) is 12.1. The molecule has 2 aliphatic rings. The molecule has 0 radical (unpaired) electrons. The standard InChI is InChI=1S/C28H35FN4O2/c1-6-19(7-2)24-20(8-3)15-21(34)16-22(24)26-25(29)27(32-18-35-5)23(17-31-26)28(30-4)33-13-11-9-10-12-14-33/h6,8,15-17,34H,3-4,7,9-14,18H2,1-2,5H3/b19-6-,28-23+,32-27+. The molecule has 0 aliphatic carbocycles. The van der Waals surface area contributed by atoms with Crippen LogP contribution in [0.1, 0.15) is 62.6 Å². The first kappa shape index (κ1) is 26.3. The molecule has 0 amide bonds. The van der Waals surface area contributed by atoms with Gasteiger partial charge in [0.1, 0.15) is 29.7 Å². The molecule has 1 fully saturated rings. The molecule has 6 nitrogen and oxygen atoms in total. The largest absolute Gasteiger partial charge is 0.508 e. The third kappa shape index (κ3) is 5.68. The van der Waals surface area contributed by atoms with Crippen LogP contribution < -0.4 is 0 Å². The highest BCUT2D eigenvalue weighted by Crippen LogP contribution is 2.39. The Hall–Kier alpha value is -3.32. The van der Waals surface area contributed by atoms with Crippen LogP contribution in [-0.2, 0) is 4.74 Å². The highest BCUT2D eigenvalue weighted by atomic mass is 19.1. The Kier molecular flexibility index (Phi) is 9.32. The number of aliphatic imine (C=N–C) groups is 3. The molecule has 0 saturated carbocycles. The fraction of sp³-hybridized carbons (Fsp3) is 0.393. The second-order valence-corrected chi connectivity index (χ2v) is 8.47. The Morgan fingerprint density at radius 2 is 1.97 bits per heavy atom. The second kappa shape index (κ2) is 12.4. The van der Waals surface area contributed by atoms with Crippen molar-refractivity contribution in [2.75, 3.05) is 26.9 Å². The lowest BCUT2D eigenvalue weighted by Gasteiger charge is -2.26. The molecular formula is C28H35FN4O2. The van der Waals surface area contributed by atoms with E-state index in [4.69, 9.17) is 4.74 Å². The molecule has 1 N–H and O–H groups in total. The highest BCUT2D eigenvalue weighted by Gasteiger charge is 2.29. The number of halogens is 1. The average molecular weight is 479 g/mol. The SMILES string of the molecule is C=Cc1cc(O)cc(C2=C(F)C(=N/COC)/C(=C(\N=C)N3CCCCCC3)C=N2)c1/C(=C\C)CC. The van der Waals surface area contributed by atoms with Gasteiger partial charge in [-0.05, 0) is 61.7 Å². The maximum Gasteiger partial charge on any atom is 0.175 e. The molecular weight excluding hydrogens is 443 g/mol. The Morgan fingerprint density at radius 1 is 1.26 bits per heavy atom. The monoisotopic (exact) mass is 478 g/mol. The normalized spacial score (nSPS) is 19.7. The molecule has 2 heterocycles. The molecule has 7 heteroatoms. The molecule has 0 bridgehead atoms. The zero-order valence-electron chi connectivity index (χ0n) is 21.0. The quantitative estimate of drug-likeness (QED) is 0.439. The van der Waals surface area contributed by atoms with E-state index in [0.717, 1.165) is 56.3 Å². The van der Waals surface area contributed by atoms with Crippen molar-refractivity contribution in [3.05, 3.63) is 58.7 Å². The van der Waals surface area contributed by atoms with Gasteiger partial charge in [-0.1, -0.05) is 38.5 Å². The molecule has 0 atom stereocenters. The summed E-state index contributed by atoms with van der Waals surface area (Å²) in [4.78, 5) is 15.4. The maximum atomic E-state index is 16.3. The van der Waals surface area contributed by atoms with Gasteiger partial charge in [-0.2, -0.15) is 0 Å². The number of likely N-dealkylation sites (tertiary alicyclic amines) is 1. The lowest BCUT2D eigenvalue weighted by Crippen LogP contribution is -2.27. The second-order valence-electron chi connectivity index (χ2n) is 8.47. The van der Waals surface area contributed by atoms with Gasteiger partial charge in [0.15, 0.2) is 5.83 Å². The van der Waals surface area contributed by atoms with Gasteiger partial charge in [0, 0.05) is 32.0 Å². The van der Waals surface area contributed by atoms with Crippen molar-refractivity contribution in [1.29, 1.82) is 0 Å². The summed E-state index contributed by atoms with van der Waals surface area (Å²) in [5.74, 6) is -0.00954. The minimum absolute atomic E-state index is 0.00967. The van der Waals surface area contributed by atoms with Gasteiger partial charge in [-0.3, -0.25) is 9.98 Å². The molecule has 0 aromatic heterocycles. The van der Waals surface area contributed by atoms with Crippen LogP contribution in [0.2, 0.25) is 0 Å². The van der Waals surface area contributed by atoms with Crippen molar-refractivity contribution < 1.29 is 14.2 Å². The molecule has 186 valence electrons. The molecule has 1 aromatic rings. The zero-order chi connectivity index (χ0) is 25.4. The van der Waals surface area contributed by atoms with Crippen LogP contribution in [0, 0.1) is 0 Å². The first-order chi connectivity index (χ1) is 17.0. The summed E-state index contributed by atoms with van der Waals surface area (Å²) in [6.07, 6.45) is 10.4. The Bertz CT molecular complexity index is 1120. The molecule has 3 rings (SSSR count). The number of phenolic OH excluding ortho intramolecular Hbond substituents is 1. The summed E-state index contributed by atoms with van der Waals surface area (Å²) in [7, 11) is 1.51. The average Bonchev–Trinajstić information content (AvgIpc) is 3.15. The topological polar surface area (TPSA) is 69.8 Å². The van der Waals surface area contributed by atoms with Crippen molar-refractivity contribution in [1.82, 2.24) is 4.90 Å². The van der Waals surface area contributed by atoms with Gasteiger partial charge in [0.2, 0.25) is 0 Å². The number of hydrogen-bond donors (Lipinski definition) is 1. The van der Waals surface area contributed by atoms with Crippen LogP contribution >= 0.6 is 0 Å². The summed E-state index contributed by atoms with van der Waals surface area (Å²) < 4.78 is 21.4. The van der Waals surface area contributed by atoms with E-state index in [1.165, 1.54) is 13.2 Å². The lowest BCUT2D eigenvalue weighted by molar-refractivity contribution is 0.209. The number of rotatable bonds is 8. The molecule has 1 saturated heterocycles. The molecule has 1 aromatic carbocycles. The van der Waals surface area contributed by atoms with E-state index in [0.29, 0.717) is 22.5 Å². The van der Waals surface area contributed by atoms with Crippen LogP contribution in [-0.4, -0.2) is 55.6 Å². The maximum absolute atomic E-state index is 16.3. The number of methoxy groups -OCH3 is 1. The molecule has 35 heavy (non-hydrogen) atoms. The lowest BCUT2D eigenvalue weighted by atomic mass is 9.89. The minimum atomic E-state index is -0.594. The van der Waals surface area contributed by atoms with Crippen LogP contribution in [0.25, 0.3) is 17.3 Å². The van der Waals surface area contributed by atoms with Gasteiger partial charge in [0.25, 0.3) is 0 Å². The van der Waals surface area contributed by atoms with E-state index >= 15 is 4.39 Å². The molecule has 0 unspecified atom stereocenters. The fourth-order valence-electron chi connectivity index (χ4n) is 4.63. The Labute approximate surface area is 207 Å². The van der Waals surface area contributed by atoms with E-state index in [1.807, 2.05) is 19.9 Å². The van der Waals surface area contributed by atoms with Crippen LogP contribution in [0.5, 0.6) is 5.75 Å². The summed E-state index contributed by atoms with van der Waals surface area (Å²) in [5, 5.41) is 10.4. The smallest absolute Gasteiger partial charge is 0.175 e. The zero-order valence-corrected chi connectivity index (χ0v) is 21.0. The predicted octanol–water partition coefficient (Wildman–Crippen LogP) is 6.40. The van der Waals surface area contributed by atoms with Crippen molar-refractivity contribution >= 4 is 36.0 Å². The van der Waals surface area contributed by atoms with Gasteiger partial charge >= 0.3 is 0 Å².